The van der Waals surface area contributed by atoms with Gasteiger partial charge in [-0.3, -0.25) is 0 Å². The van der Waals surface area contributed by atoms with E-state index in [1.165, 1.54) is 71.6 Å². The molecule has 0 spiro atoms. The first-order chi connectivity index (χ1) is 25.2. The molecule has 0 aliphatic carbocycles. The van der Waals surface area contributed by atoms with Gasteiger partial charge in [0.05, 0.1) is 0 Å². The highest BCUT2D eigenvalue weighted by Crippen LogP contribution is 2.46. The maximum Gasteiger partial charge on any atom is 0.164 e. The highest BCUT2D eigenvalue weighted by molar-refractivity contribution is 7.27. The number of thiophene rings is 3. The quantitative estimate of drug-likeness (QED) is 0.183. The van der Waals surface area contributed by atoms with E-state index in [1.54, 1.807) is 11.3 Å². The van der Waals surface area contributed by atoms with Crippen molar-refractivity contribution in [3.63, 3.8) is 0 Å². The maximum absolute atomic E-state index is 5.13. The molecule has 11 rings (SSSR count). The van der Waals surface area contributed by atoms with Crippen LogP contribution >= 0.6 is 34.0 Å². The SMILES string of the molecule is c1ccc(-c2nc(-c3ccc4c(c3)sc3ccccc34)nc(-c3ccc4c(c3)sc3cccc(-c5cccc6c5sc5ccccc56)c34)n2)cc1. The Morgan fingerprint density at radius 1 is 0.314 bits per heavy atom. The van der Waals surface area contributed by atoms with Crippen molar-refractivity contribution in [2.45, 2.75) is 0 Å². The monoisotopic (exact) mass is 703 g/mol. The van der Waals surface area contributed by atoms with Crippen LogP contribution in [0, 0.1) is 0 Å². The molecule has 0 bridgehead atoms. The molecule has 0 fully saturated rings. The van der Waals surface area contributed by atoms with Gasteiger partial charge in [-0.2, -0.15) is 0 Å². The summed E-state index contributed by atoms with van der Waals surface area (Å²) in [6.45, 7) is 0. The maximum atomic E-state index is 5.13. The minimum absolute atomic E-state index is 0.669. The Bertz CT molecular complexity index is 3150. The zero-order valence-electron chi connectivity index (χ0n) is 27.0. The number of hydrogen-bond acceptors (Lipinski definition) is 6. The molecule has 238 valence electrons. The fourth-order valence-corrected chi connectivity index (χ4v) is 10.9. The fraction of sp³-hybridized carbons (Fsp3) is 0. The zero-order valence-corrected chi connectivity index (χ0v) is 29.4. The minimum Gasteiger partial charge on any atom is -0.208 e. The third-order valence-corrected chi connectivity index (χ3v) is 13.2. The lowest BCUT2D eigenvalue weighted by molar-refractivity contribution is 1.08. The lowest BCUT2D eigenvalue weighted by Gasteiger charge is -2.09. The Balaban J connectivity index is 1.08. The fourth-order valence-electron chi connectivity index (χ4n) is 7.36. The van der Waals surface area contributed by atoms with Crippen LogP contribution in [-0.4, -0.2) is 15.0 Å². The summed E-state index contributed by atoms with van der Waals surface area (Å²) in [5.74, 6) is 2.01. The van der Waals surface area contributed by atoms with E-state index >= 15 is 0 Å². The van der Waals surface area contributed by atoms with Gasteiger partial charge in [0.15, 0.2) is 17.5 Å². The Morgan fingerprint density at radius 2 is 0.824 bits per heavy atom. The summed E-state index contributed by atoms with van der Waals surface area (Å²) in [5.41, 5.74) is 5.49. The van der Waals surface area contributed by atoms with Crippen molar-refractivity contribution in [2.75, 3.05) is 0 Å². The van der Waals surface area contributed by atoms with Crippen LogP contribution in [0.15, 0.2) is 152 Å². The first kappa shape index (κ1) is 29.0. The molecule has 11 aromatic rings. The van der Waals surface area contributed by atoms with E-state index in [9.17, 15) is 0 Å². The van der Waals surface area contributed by atoms with E-state index in [0.29, 0.717) is 17.5 Å². The van der Waals surface area contributed by atoms with Crippen molar-refractivity contribution < 1.29 is 0 Å². The lowest BCUT2D eigenvalue weighted by Crippen LogP contribution is -2.00. The molecule has 0 amide bonds. The Kier molecular flexibility index (Phi) is 6.46. The van der Waals surface area contributed by atoms with E-state index in [1.807, 2.05) is 40.9 Å². The summed E-state index contributed by atoms with van der Waals surface area (Å²) in [6, 6.07) is 54.2. The van der Waals surface area contributed by atoms with E-state index in [4.69, 9.17) is 15.0 Å². The molecule has 0 unspecified atom stereocenters. The molecule has 0 atom stereocenters. The average Bonchev–Trinajstić information content (AvgIpc) is 3.88. The molecule has 0 N–H and O–H groups in total. The highest BCUT2D eigenvalue weighted by Gasteiger charge is 2.18. The van der Waals surface area contributed by atoms with Gasteiger partial charge >= 0.3 is 0 Å². The van der Waals surface area contributed by atoms with Gasteiger partial charge in [0.25, 0.3) is 0 Å². The van der Waals surface area contributed by atoms with Crippen LogP contribution in [0.4, 0.5) is 0 Å². The van der Waals surface area contributed by atoms with Crippen molar-refractivity contribution in [3.05, 3.63) is 152 Å². The van der Waals surface area contributed by atoms with Gasteiger partial charge in [0.1, 0.15) is 0 Å². The average molecular weight is 704 g/mol. The second-order valence-corrected chi connectivity index (χ2v) is 16.0. The molecular weight excluding hydrogens is 679 g/mol. The van der Waals surface area contributed by atoms with Gasteiger partial charge in [-0.15, -0.1) is 34.0 Å². The van der Waals surface area contributed by atoms with E-state index in [-0.39, 0.29) is 0 Å². The Labute approximate surface area is 304 Å². The summed E-state index contributed by atoms with van der Waals surface area (Å²) >= 11 is 5.52. The van der Waals surface area contributed by atoms with Crippen molar-refractivity contribution in [1.82, 2.24) is 15.0 Å². The number of rotatable bonds is 4. The first-order valence-electron chi connectivity index (χ1n) is 16.8. The third-order valence-electron chi connectivity index (χ3n) is 9.75. The molecule has 4 aromatic heterocycles. The highest BCUT2D eigenvalue weighted by atomic mass is 32.1. The summed E-state index contributed by atoms with van der Waals surface area (Å²) in [6.07, 6.45) is 0. The molecule has 0 aliphatic heterocycles. The lowest BCUT2D eigenvalue weighted by atomic mass is 9.97. The smallest absolute Gasteiger partial charge is 0.164 e. The normalized spacial score (nSPS) is 11.9. The van der Waals surface area contributed by atoms with E-state index in [2.05, 4.69) is 133 Å². The first-order valence-corrected chi connectivity index (χ1v) is 19.3. The van der Waals surface area contributed by atoms with E-state index in [0.717, 1.165) is 16.7 Å². The Hall–Kier alpha value is -5.79. The molecule has 4 heterocycles. The zero-order chi connectivity index (χ0) is 33.5. The number of fused-ring (bicyclic) bond motifs is 9. The summed E-state index contributed by atoms with van der Waals surface area (Å²) in [4.78, 5) is 15.2. The molecule has 7 aromatic carbocycles. The molecule has 51 heavy (non-hydrogen) atoms. The van der Waals surface area contributed by atoms with Gasteiger partial charge in [-0.25, -0.2) is 15.0 Å². The van der Waals surface area contributed by atoms with Gasteiger partial charge in [-0.1, -0.05) is 121 Å². The summed E-state index contributed by atoms with van der Waals surface area (Å²) in [7, 11) is 0. The van der Waals surface area contributed by atoms with Gasteiger partial charge in [-0.05, 0) is 35.9 Å². The number of aromatic nitrogens is 3. The van der Waals surface area contributed by atoms with Crippen molar-refractivity contribution >= 4 is 94.5 Å². The Morgan fingerprint density at radius 3 is 1.59 bits per heavy atom. The topological polar surface area (TPSA) is 38.7 Å². The van der Waals surface area contributed by atoms with Gasteiger partial charge in [0, 0.05) is 82.8 Å². The molecule has 0 radical (unpaired) electrons. The van der Waals surface area contributed by atoms with Crippen molar-refractivity contribution in [3.8, 4) is 45.3 Å². The van der Waals surface area contributed by atoms with Crippen LogP contribution in [0.3, 0.4) is 0 Å². The van der Waals surface area contributed by atoms with Crippen LogP contribution < -0.4 is 0 Å². The van der Waals surface area contributed by atoms with Gasteiger partial charge < -0.3 is 0 Å². The van der Waals surface area contributed by atoms with Crippen LogP contribution in [0.2, 0.25) is 0 Å². The van der Waals surface area contributed by atoms with Crippen LogP contribution in [0.5, 0.6) is 0 Å². The largest absolute Gasteiger partial charge is 0.208 e. The summed E-state index contributed by atoms with van der Waals surface area (Å²) < 4.78 is 7.66. The van der Waals surface area contributed by atoms with E-state index < -0.39 is 0 Å². The van der Waals surface area contributed by atoms with Crippen LogP contribution in [-0.2, 0) is 0 Å². The van der Waals surface area contributed by atoms with Crippen molar-refractivity contribution in [1.29, 1.82) is 0 Å². The predicted octanol–water partition coefficient (Wildman–Crippen LogP) is 13.6. The summed E-state index contributed by atoms with van der Waals surface area (Å²) in [5, 5.41) is 7.73. The number of nitrogens with zero attached hydrogens (tertiary/aromatic N) is 3. The molecule has 0 aliphatic rings. The number of benzene rings is 7. The van der Waals surface area contributed by atoms with Crippen LogP contribution in [0.25, 0.3) is 106 Å². The molecule has 0 saturated heterocycles. The third kappa shape index (κ3) is 4.65. The van der Waals surface area contributed by atoms with Gasteiger partial charge in [0.2, 0.25) is 0 Å². The number of hydrogen-bond donors (Lipinski definition) is 0. The molecule has 0 saturated carbocycles. The second-order valence-electron chi connectivity index (χ2n) is 12.8. The molecule has 3 nitrogen and oxygen atoms in total. The predicted molar refractivity (Wildman–Crippen MR) is 220 cm³/mol. The molecular formula is C45H25N3S3. The minimum atomic E-state index is 0.669. The second kappa shape index (κ2) is 11.4. The molecule has 6 heteroatoms. The standard InChI is InChI=1S/C45H25N3S3/c1-2-10-26(11-3-1)43-46-44(27-20-22-31-29-12-4-6-17-36(29)49-39(31)24-27)48-45(47-43)28-21-23-35-40(25-28)50-38-19-9-14-32(41(35)38)34-16-8-15-33-30-13-5-7-18-37(30)51-42(33)34/h1-25H. The van der Waals surface area contributed by atoms with Crippen molar-refractivity contribution in [2.24, 2.45) is 0 Å². The van der Waals surface area contributed by atoms with Crippen LogP contribution in [0.1, 0.15) is 0 Å².